The lowest BCUT2D eigenvalue weighted by Crippen LogP contribution is -2.34. The number of rotatable bonds is 5. The lowest BCUT2D eigenvalue weighted by molar-refractivity contribution is -0.140. The summed E-state index contributed by atoms with van der Waals surface area (Å²) in [4.78, 5) is 10.7. The van der Waals surface area contributed by atoms with Gasteiger partial charge in [-0.2, -0.15) is 13.2 Å². The Labute approximate surface area is 103 Å². The first-order valence-corrected chi connectivity index (χ1v) is 5.41. The highest BCUT2D eigenvalue weighted by molar-refractivity contribution is 5.73. The maximum absolute atomic E-state index is 12.5. The monoisotopic (exact) mass is 261 g/mol. The summed E-state index contributed by atoms with van der Waals surface area (Å²) in [6.07, 6.45) is -3.85. The first-order chi connectivity index (χ1) is 8.34. The average molecular weight is 261 g/mol. The molecule has 0 aliphatic rings. The molecule has 0 saturated carbocycles. The topological polar surface area (TPSA) is 49.3 Å². The highest BCUT2D eigenvalue weighted by Crippen LogP contribution is 2.29. The molecular formula is C12H14F3NO2. The van der Waals surface area contributed by atoms with Gasteiger partial charge in [-0.1, -0.05) is 18.2 Å². The molecule has 0 fully saturated rings. The maximum atomic E-state index is 12.5. The van der Waals surface area contributed by atoms with E-state index < -0.39 is 23.8 Å². The van der Waals surface area contributed by atoms with E-state index in [0.29, 0.717) is 5.56 Å². The van der Waals surface area contributed by atoms with E-state index in [1.165, 1.54) is 13.1 Å². The number of benzene rings is 1. The molecule has 100 valence electrons. The number of aryl methyl sites for hydroxylation is 1. The molecule has 0 aliphatic carbocycles. The van der Waals surface area contributed by atoms with Crippen LogP contribution in [0.5, 0.6) is 0 Å². The zero-order chi connectivity index (χ0) is 13.8. The van der Waals surface area contributed by atoms with E-state index in [1.54, 1.807) is 6.07 Å². The van der Waals surface area contributed by atoms with Crippen LogP contribution >= 0.6 is 0 Å². The number of carboxylic acid groups (broad SMARTS) is 1. The summed E-state index contributed by atoms with van der Waals surface area (Å²) in [5.74, 6) is -1.01. The zero-order valence-electron chi connectivity index (χ0n) is 9.79. The van der Waals surface area contributed by atoms with E-state index in [0.717, 1.165) is 12.1 Å². The van der Waals surface area contributed by atoms with Crippen LogP contribution in [0.4, 0.5) is 13.2 Å². The molecule has 0 amide bonds. The van der Waals surface area contributed by atoms with Crippen molar-refractivity contribution in [2.75, 3.05) is 7.05 Å². The number of alkyl halides is 3. The number of hydrogen-bond donors (Lipinski definition) is 2. The molecule has 18 heavy (non-hydrogen) atoms. The van der Waals surface area contributed by atoms with Crippen molar-refractivity contribution in [2.45, 2.75) is 25.1 Å². The van der Waals surface area contributed by atoms with Crippen LogP contribution in [0.1, 0.15) is 17.5 Å². The van der Waals surface area contributed by atoms with Crippen molar-refractivity contribution in [3.63, 3.8) is 0 Å². The van der Waals surface area contributed by atoms with Crippen LogP contribution in [0, 0.1) is 0 Å². The summed E-state index contributed by atoms with van der Waals surface area (Å²) >= 11 is 0. The second-order valence-corrected chi connectivity index (χ2v) is 3.92. The first-order valence-electron chi connectivity index (χ1n) is 5.41. The molecule has 1 aromatic rings. The Kier molecular flexibility index (Phi) is 4.72. The molecular weight excluding hydrogens is 247 g/mol. The van der Waals surface area contributed by atoms with E-state index in [2.05, 4.69) is 5.32 Å². The Morgan fingerprint density at radius 2 is 2.11 bits per heavy atom. The third-order valence-electron chi connectivity index (χ3n) is 2.62. The van der Waals surface area contributed by atoms with Crippen LogP contribution in [0.25, 0.3) is 0 Å². The van der Waals surface area contributed by atoms with Crippen LogP contribution in [-0.2, 0) is 17.4 Å². The molecule has 3 nitrogen and oxygen atoms in total. The molecule has 1 aromatic carbocycles. The standard InChI is InChI=1S/C12H14F3NO2/c1-16-10(11(17)18)6-5-8-3-2-4-9(7-8)12(13,14)15/h2-4,7,10,16H,5-6H2,1H3,(H,17,18). The number of nitrogens with one attached hydrogen (secondary N) is 1. The number of halogens is 3. The van der Waals surface area contributed by atoms with E-state index in [4.69, 9.17) is 5.11 Å². The van der Waals surface area contributed by atoms with Gasteiger partial charge in [0.15, 0.2) is 0 Å². The predicted molar refractivity (Wildman–Crippen MR) is 60.2 cm³/mol. The van der Waals surface area contributed by atoms with Gasteiger partial charge in [0.1, 0.15) is 6.04 Å². The van der Waals surface area contributed by atoms with Crippen molar-refractivity contribution in [3.8, 4) is 0 Å². The van der Waals surface area contributed by atoms with E-state index in [9.17, 15) is 18.0 Å². The van der Waals surface area contributed by atoms with Crippen molar-refractivity contribution in [3.05, 3.63) is 35.4 Å². The number of carbonyl (C=O) groups is 1. The quantitative estimate of drug-likeness (QED) is 0.855. The zero-order valence-corrected chi connectivity index (χ0v) is 9.79. The van der Waals surface area contributed by atoms with Gasteiger partial charge < -0.3 is 10.4 Å². The fourth-order valence-corrected chi connectivity index (χ4v) is 1.61. The fourth-order valence-electron chi connectivity index (χ4n) is 1.61. The Hall–Kier alpha value is -1.56. The maximum Gasteiger partial charge on any atom is 0.416 e. The molecule has 0 spiro atoms. The van der Waals surface area contributed by atoms with E-state index in [-0.39, 0.29) is 12.8 Å². The first kappa shape index (κ1) is 14.5. The van der Waals surface area contributed by atoms with Gasteiger partial charge in [-0.25, -0.2) is 0 Å². The minimum absolute atomic E-state index is 0.243. The summed E-state index contributed by atoms with van der Waals surface area (Å²) in [6.45, 7) is 0. The van der Waals surface area contributed by atoms with Crippen LogP contribution < -0.4 is 5.32 Å². The molecule has 0 saturated heterocycles. The van der Waals surface area contributed by atoms with Gasteiger partial charge in [0.25, 0.3) is 0 Å². The molecule has 1 atom stereocenters. The van der Waals surface area contributed by atoms with Crippen molar-refractivity contribution >= 4 is 5.97 Å². The van der Waals surface area contributed by atoms with Crippen LogP contribution in [0.3, 0.4) is 0 Å². The Bertz CT molecular complexity index is 418. The fraction of sp³-hybridized carbons (Fsp3) is 0.417. The molecule has 0 aromatic heterocycles. The molecule has 0 bridgehead atoms. The lowest BCUT2D eigenvalue weighted by atomic mass is 10.0. The highest BCUT2D eigenvalue weighted by atomic mass is 19.4. The second kappa shape index (κ2) is 5.86. The van der Waals surface area contributed by atoms with Gasteiger partial charge in [-0.15, -0.1) is 0 Å². The molecule has 0 heterocycles. The van der Waals surface area contributed by atoms with Crippen molar-refractivity contribution < 1.29 is 23.1 Å². The molecule has 1 rings (SSSR count). The summed E-state index contributed by atoms with van der Waals surface area (Å²) in [5, 5.41) is 11.4. The van der Waals surface area contributed by atoms with Gasteiger partial charge in [0, 0.05) is 0 Å². The molecule has 0 radical (unpaired) electrons. The second-order valence-electron chi connectivity index (χ2n) is 3.92. The summed E-state index contributed by atoms with van der Waals surface area (Å²) < 4.78 is 37.4. The lowest BCUT2D eigenvalue weighted by Gasteiger charge is -2.12. The number of carboxylic acids is 1. The number of likely N-dealkylation sites (N-methyl/N-ethyl adjacent to an activating group) is 1. The minimum atomic E-state index is -4.37. The third kappa shape index (κ3) is 4.03. The SMILES string of the molecule is CNC(CCc1cccc(C(F)(F)F)c1)C(=O)O. The van der Waals surface area contributed by atoms with Crippen LogP contribution in [-0.4, -0.2) is 24.2 Å². The van der Waals surface area contributed by atoms with Crippen molar-refractivity contribution in [1.29, 1.82) is 0 Å². The van der Waals surface area contributed by atoms with Gasteiger partial charge in [-0.3, -0.25) is 4.79 Å². The third-order valence-corrected chi connectivity index (χ3v) is 2.62. The van der Waals surface area contributed by atoms with Gasteiger partial charge in [0.2, 0.25) is 0 Å². The molecule has 0 aliphatic heterocycles. The normalized spacial score (nSPS) is 13.3. The van der Waals surface area contributed by atoms with Crippen molar-refractivity contribution in [1.82, 2.24) is 5.32 Å². The molecule has 2 N–H and O–H groups in total. The van der Waals surface area contributed by atoms with Gasteiger partial charge in [-0.05, 0) is 31.5 Å². The smallest absolute Gasteiger partial charge is 0.416 e. The van der Waals surface area contributed by atoms with Gasteiger partial charge in [0.05, 0.1) is 5.56 Å². The Balaban J connectivity index is 2.71. The molecule has 6 heteroatoms. The predicted octanol–water partition coefficient (Wildman–Crippen LogP) is 2.31. The van der Waals surface area contributed by atoms with Crippen LogP contribution in [0.2, 0.25) is 0 Å². The van der Waals surface area contributed by atoms with Crippen molar-refractivity contribution in [2.24, 2.45) is 0 Å². The van der Waals surface area contributed by atoms with E-state index in [1.807, 2.05) is 0 Å². The summed E-state index contributed by atoms with van der Waals surface area (Å²) in [7, 11) is 1.50. The van der Waals surface area contributed by atoms with Gasteiger partial charge >= 0.3 is 12.1 Å². The minimum Gasteiger partial charge on any atom is -0.480 e. The largest absolute Gasteiger partial charge is 0.480 e. The Morgan fingerprint density at radius 1 is 1.44 bits per heavy atom. The summed E-state index contributed by atoms with van der Waals surface area (Å²) in [5.41, 5.74) is -0.234. The average Bonchev–Trinajstić information content (AvgIpc) is 2.28. The van der Waals surface area contributed by atoms with E-state index >= 15 is 0 Å². The highest BCUT2D eigenvalue weighted by Gasteiger charge is 2.30. The van der Waals surface area contributed by atoms with Crippen LogP contribution in [0.15, 0.2) is 24.3 Å². The number of hydrogen-bond acceptors (Lipinski definition) is 2. The molecule has 1 unspecified atom stereocenters. The Morgan fingerprint density at radius 3 is 2.61 bits per heavy atom. The number of aliphatic carboxylic acids is 1. The summed E-state index contributed by atoms with van der Waals surface area (Å²) in [6, 6.07) is 4.18.